The number of nitrogens with one attached hydrogen (secondary N) is 1. The minimum Gasteiger partial charge on any atom is -0.376 e. The molecule has 2 fully saturated rings. The van der Waals surface area contributed by atoms with Crippen molar-refractivity contribution >= 4 is 5.91 Å². The van der Waals surface area contributed by atoms with Crippen LogP contribution < -0.4 is 5.32 Å². The molecule has 1 aliphatic heterocycles. The van der Waals surface area contributed by atoms with E-state index in [0.29, 0.717) is 19.3 Å². The summed E-state index contributed by atoms with van der Waals surface area (Å²) in [6.45, 7) is 7.92. The van der Waals surface area contributed by atoms with Gasteiger partial charge in [-0.3, -0.25) is 9.69 Å². The van der Waals surface area contributed by atoms with Gasteiger partial charge >= 0.3 is 0 Å². The lowest BCUT2D eigenvalue weighted by atomic mass is 10.1. The highest BCUT2D eigenvalue weighted by molar-refractivity contribution is 5.81. The molecule has 1 heterocycles. The van der Waals surface area contributed by atoms with Gasteiger partial charge in [-0.15, -0.1) is 0 Å². The Kier molecular flexibility index (Phi) is 9.07. The Balaban J connectivity index is 1.67. The van der Waals surface area contributed by atoms with E-state index in [0.717, 1.165) is 32.5 Å². The zero-order valence-corrected chi connectivity index (χ0v) is 15.6. The molecule has 0 bridgehead atoms. The second-order valence-corrected chi connectivity index (χ2v) is 7.10. The van der Waals surface area contributed by atoms with E-state index in [1.807, 2.05) is 0 Å². The van der Waals surface area contributed by atoms with Gasteiger partial charge in [0.25, 0.3) is 0 Å². The number of carbonyl (C=O) groups excluding carboxylic acids is 1. The zero-order chi connectivity index (χ0) is 17.2. The Labute approximate surface area is 147 Å². The summed E-state index contributed by atoms with van der Waals surface area (Å²) in [5, 5.41) is 3.07. The van der Waals surface area contributed by atoms with Crippen molar-refractivity contribution in [3.05, 3.63) is 0 Å². The van der Waals surface area contributed by atoms with E-state index in [1.165, 1.54) is 38.5 Å². The van der Waals surface area contributed by atoms with Crippen molar-refractivity contribution in [1.29, 1.82) is 0 Å². The first-order valence-corrected chi connectivity index (χ1v) is 9.99. The Hall–Kier alpha value is -0.650. The molecule has 0 spiro atoms. The van der Waals surface area contributed by atoms with Crippen molar-refractivity contribution in [2.45, 2.75) is 83.5 Å². The van der Waals surface area contributed by atoms with Crippen LogP contribution in [0.15, 0.2) is 0 Å². The number of amides is 1. The molecule has 1 saturated carbocycles. The molecule has 0 aromatic heterocycles. The average molecular weight is 341 g/mol. The van der Waals surface area contributed by atoms with E-state index in [4.69, 9.17) is 9.47 Å². The lowest BCUT2D eigenvalue weighted by Gasteiger charge is -2.37. The molecule has 5 nitrogen and oxygen atoms in total. The van der Waals surface area contributed by atoms with Gasteiger partial charge in [-0.25, -0.2) is 0 Å². The first-order valence-electron chi connectivity index (χ1n) is 9.99. The first kappa shape index (κ1) is 19.7. The predicted molar refractivity (Wildman–Crippen MR) is 96.1 cm³/mol. The third kappa shape index (κ3) is 6.34. The Morgan fingerprint density at radius 3 is 2.67 bits per heavy atom. The molecule has 1 amide bonds. The van der Waals surface area contributed by atoms with Crippen LogP contribution in [-0.4, -0.2) is 61.9 Å². The fourth-order valence-corrected chi connectivity index (χ4v) is 3.81. The van der Waals surface area contributed by atoms with E-state index in [2.05, 4.69) is 24.1 Å². The molecule has 140 valence electrons. The maximum Gasteiger partial charge on any atom is 0.237 e. The van der Waals surface area contributed by atoms with Crippen molar-refractivity contribution < 1.29 is 14.3 Å². The van der Waals surface area contributed by atoms with E-state index >= 15 is 0 Å². The quantitative estimate of drug-likeness (QED) is 0.545. The molecule has 0 aromatic rings. The smallest absolute Gasteiger partial charge is 0.237 e. The van der Waals surface area contributed by atoms with Gasteiger partial charge in [-0.05, 0) is 25.7 Å². The number of rotatable bonds is 8. The second kappa shape index (κ2) is 11.1. The van der Waals surface area contributed by atoms with Crippen LogP contribution in [0.3, 0.4) is 0 Å². The summed E-state index contributed by atoms with van der Waals surface area (Å²) < 4.78 is 11.7. The van der Waals surface area contributed by atoms with E-state index in [-0.39, 0.29) is 18.1 Å². The number of ether oxygens (including phenoxy) is 2. The molecule has 1 saturated heterocycles. The van der Waals surface area contributed by atoms with Gasteiger partial charge in [-0.2, -0.15) is 0 Å². The maximum absolute atomic E-state index is 12.5. The molecule has 0 radical (unpaired) electrons. The fraction of sp³-hybridized carbons (Fsp3) is 0.947. The third-order valence-corrected chi connectivity index (χ3v) is 5.31. The van der Waals surface area contributed by atoms with Gasteiger partial charge in [0.15, 0.2) is 0 Å². The molecule has 2 rings (SSSR count). The predicted octanol–water partition coefficient (Wildman–Crippen LogP) is 2.73. The van der Waals surface area contributed by atoms with Gasteiger partial charge in [0.05, 0.1) is 31.5 Å². The molecule has 2 atom stereocenters. The van der Waals surface area contributed by atoms with Gasteiger partial charge in [-0.1, -0.05) is 39.5 Å². The van der Waals surface area contributed by atoms with Crippen LogP contribution in [-0.2, 0) is 14.3 Å². The van der Waals surface area contributed by atoms with Crippen molar-refractivity contribution in [2.75, 3.05) is 32.8 Å². The minimum atomic E-state index is -0.0409. The van der Waals surface area contributed by atoms with E-state index in [1.54, 1.807) is 0 Å². The van der Waals surface area contributed by atoms with Gasteiger partial charge in [0.1, 0.15) is 0 Å². The van der Waals surface area contributed by atoms with E-state index < -0.39 is 0 Å². The molecule has 2 aliphatic rings. The summed E-state index contributed by atoms with van der Waals surface area (Å²) in [4.78, 5) is 14.8. The second-order valence-electron chi connectivity index (χ2n) is 7.10. The summed E-state index contributed by atoms with van der Waals surface area (Å²) in [6.07, 6.45) is 10.1. The average Bonchev–Trinajstić information content (AvgIpc) is 2.88. The summed E-state index contributed by atoms with van der Waals surface area (Å²) >= 11 is 0. The Bertz CT molecular complexity index is 357. The van der Waals surface area contributed by atoms with Gasteiger partial charge in [0, 0.05) is 19.6 Å². The number of hydrogen-bond acceptors (Lipinski definition) is 4. The topological polar surface area (TPSA) is 50.8 Å². The maximum atomic E-state index is 12.5. The normalized spacial score (nSPS) is 25.2. The number of morpholine rings is 1. The summed E-state index contributed by atoms with van der Waals surface area (Å²) in [5.41, 5.74) is 0. The van der Waals surface area contributed by atoms with Gasteiger partial charge < -0.3 is 14.8 Å². The minimum absolute atomic E-state index is 0.0409. The van der Waals surface area contributed by atoms with E-state index in [9.17, 15) is 4.79 Å². The highest BCUT2D eigenvalue weighted by atomic mass is 16.5. The summed E-state index contributed by atoms with van der Waals surface area (Å²) in [5.74, 6) is 0.138. The molecule has 1 N–H and O–H groups in total. The highest BCUT2D eigenvalue weighted by Crippen LogP contribution is 2.19. The standard InChI is InChI=1S/C19H36N2O3/c1-3-16-15-21(12-14-24-16)18(4-2)19(22)20-11-13-23-17-9-7-5-6-8-10-17/h16-18H,3-15H2,1-2H3,(H,20,22)/t16-,18+/m0/s1. The molecule has 0 unspecified atom stereocenters. The van der Waals surface area contributed by atoms with Crippen LogP contribution in [0.4, 0.5) is 0 Å². The van der Waals surface area contributed by atoms with Crippen molar-refractivity contribution in [3.8, 4) is 0 Å². The lowest BCUT2D eigenvalue weighted by Crippen LogP contribution is -2.53. The van der Waals surface area contributed by atoms with Crippen molar-refractivity contribution in [1.82, 2.24) is 10.2 Å². The number of carbonyl (C=O) groups is 1. The van der Waals surface area contributed by atoms with Crippen LogP contribution in [0.1, 0.15) is 65.2 Å². The molecule has 24 heavy (non-hydrogen) atoms. The molecular formula is C19H36N2O3. The van der Waals surface area contributed by atoms with Crippen LogP contribution in [0.2, 0.25) is 0 Å². The van der Waals surface area contributed by atoms with Crippen LogP contribution >= 0.6 is 0 Å². The third-order valence-electron chi connectivity index (χ3n) is 5.31. The molecule has 0 aromatic carbocycles. The largest absolute Gasteiger partial charge is 0.376 e. The molecular weight excluding hydrogens is 304 g/mol. The Morgan fingerprint density at radius 2 is 2.00 bits per heavy atom. The van der Waals surface area contributed by atoms with Crippen molar-refractivity contribution in [3.63, 3.8) is 0 Å². The monoisotopic (exact) mass is 340 g/mol. The zero-order valence-electron chi connectivity index (χ0n) is 15.6. The van der Waals surface area contributed by atoms with Crippen LogP contribution in [0.5, 0.6) is 0 Å². The molecule has 1 aliphatic carbocycles. The Morgan fingerprint density at radius 1 is 1.25 bits per heavy atom. The number of nitrogens with zero attached hydrogens (tertiary/aromatic N) is 1. The lowest BCUT2D eigenvalue weighted by molar-refractivity contribution is -0.130. The molecule has 5 heteroatoms. The highest BCUT2D eigenvalue weighted by Gasteiger charge is 2.28. The van der Waals surface area contributed by atoms with Crippen LogP contribution in [0, 0.1) is 0 Å². The van der Waals surface area contributed by atoms with Gasteiger partial charge in [0.2, 0.25) is 5.91 Å². The SMILES string of the molecule is CC[C@H]1CN([C@H](CC)C(=O)NCCOC2CCCCCC2)CCO1. The fourth-order valence-electron chi connectivity index (χ4n) is 3.81. The first-order chi connectivity index (χ1) is 11.7. The number of hydrogen-bond donors (Lipinski definition) is 1. The van der Waals surface area contributed by atoms with Crippen molar-refractivity contribution in [2.24, 2.45) is 0 Å². The van der Waals surface area contributed by atoms with Crippen LogP contribution in [0.25, 0.3) is 0 Å². The summed E-state index contributed by atoms with van der Waals surface area (Å²) in [7, 11) is 0. The summed E-state index contributed by atoms with van der Waals surface area (Å²) in [6, 6.07) is -0.0409.